The van der Waals surface area contributed by atoms with Gasteiger partial charge in [0.25, 0.3) is 0 Å². The normalized spacial score (nSPS) is 10.6. The highest BCUT2D eigenvalue weighted by Gasteiger charge is 2.09. The SMILES string of the molecule is CCCC(=O)Nc1nnc(-c2ccc(-c3cccc(F)c3)cc2)s1. The lowest BCUT2D eigenvalue weighted by Crippen LogP contribution is -2.10. The van der Waals surface area contributed by atoms with Crippen LogP contribution in [0, 0.1) is 5.82 Å². The Balaban J connectivity index is 1.76. The van der Waals surface area contributed by atoms with Crippen LogP contribution in [0.5, 0.6) is 0 Å². The summed E-state index contributed by atoms with van der Waals surface area (Å²) in [7, 11) is 0. The van der Waals surface area contributed by atoms with Crippen LogP contribution in [0.4, 0.5) is 9.52 Å². The Morgan fingerprint density at radius 2 is 1.83 bits per heavy atom. The second kappa shape index (κ2) is 7.31. The van der Waals surface area contributed by atoms with E-state index in [0.717, 1.165) is 28.1 Å². The molecular formula is C18H16FN3OS. The summed E-state index contributed by atoms with van der Waals surface area (Å²) in [5, 5.41) is 12.1. The molecule has 0 atom stereocenters. The van der Waals surface area contributed by atoms with Gasteiger partial charge in [-0.1, -0.05) is 54.7 Å². The molecule has 1 amide bonds. The molecule has 1 heterocycles. The van der Waals surface area contributed by atoms with Gasteiger partial charge >= 0.3 is 0 Å². The van der Waals surface area contributed by atoms with Crippen LogP contribution < -0.4 is 5.32 Å². The second-order valence-corrected chi connectivity index (χ2v) is 6.28. The van der Waals surface area contributed by atoms with E-state index < -0.39 is 0 Å². The molecule has 3 rings (SSSR count). The first-order chi connectivity index (χ1) is 11.7. The summed E-state index contributed by atoms with van der Waals surface area (Å²) < 4.78 is 13.3. The molecule has 0 spiro atoms. The number of hydrogen-bond donors (Lipinski definition) is 1. The number of hydrogen-bond acceptors (Lipinski definition) is 4. The van der Waals surface area contributed by atoms with Crippen LogP contribution in [0.3, 0.4) is 0 Å². The van der Waals surface area contributed by atoms with Crippen LogP contribution in [0.1, 0.15) is 19.8 Å². The van der Waals surface area contributed by atoms with Crippen molar-refractivity contribution in [1.29, 1.82) is 0 Å². The van der Waals surface area contributed by atoms with Gasteiger partial charge in [0.2, 0.25) is 11.0 Å². The average Bonchev–Trinajstić information content (AvgIpc) is 3.03. The fourth-order valence-corrected chi connectivity index (χ4v) is 3.04. The largest absolute Gasteiger partial charge is 0.301 e. The minimum absolute atomic E-state index is 0.0540. The van der Waals surface area contributed by atoms with Gasteiger partial charge in [-0.25, -0.2) is 4.39 Å². The minimum atomic E-state index is -0.256. The molecule has 0 bridgehead atoms. The van der Waals surface area contributed by atoms with Crippen molar-refractivity contribution in [2.75, 3.05) is 5.32 Å². The maximum Gasteiger partial charge on any atom is 0.226 e. The van der Waals surface area contributed by atoms with Crippen molar-refractivity contribution in [3.8, 4) is 21.7 Å². The fourth-order valence-electron chi connectivity index (χ4n) is 2.27. The van der Waals surface area contributed by atoms with Crippen LogP contribution in [-0.2, 0) is 4.79 Å². The number of nitrogens with zero attached hydrogens (tertiary/aromatic N) is 2. The number of aromatic nitrogens is 2. The highest BCUT2D eigenvalue weighted by atomic mass is 32.1. The van der Waals surface area contributed by atoms with Crippen molar-refractivity contribution < 1.29 is 9.18 Å². The zero-order valence-corrected chi connectivity index (χ0v) is 13.9. The third-order valence-corrected chi connectivity index (χ3v) is 4.33. The van der Waals surface area contributed by atoms with Crippen molar-refractivity contribution in [2.24, 2.45) is 0 Å². The van der Waals surface area contributed by atoms with Gasteiger partial charge in [-0.15, -0.1) is 10.2 Å². The average molecular weight is 341 g/mol. The number of anilines is 1. The lowest BCUT2D eigenvalue weighted by atomic mass is 10.0. The van der Waals surface area contributed by atoms with E-state index in [-0.39, 0.29) is 11.7 Å². The molecule has 0 unspecified atom stereocenters. The van der Waals surface area contributed by atoms with E-state index in [1.807, 2.05) is 37.3 Å². The number of carbonyl (C=O) groups excluding carboxylic acids is 1. The molecular weight excluding hydrogens is 325 g/mol. The van der Waals surface area contributed by atoms with Gasteiger partial charge in [0.1, 0.15) is 10.8 Å². The van der Waals surface area contributed by atoms with Crippen LogP contribution >= 0.6 is 11.3 Å². The predicted octanol–water partition coefficient (Wildman–Crippen LogP) is 4.75. The zero-order chi connectivity index (χ0) is 16.9. The van der Waals surface area contributed by atoms with Crippen molar-refractivity contribution in [2.45, 2.75) is 19.8 Å². The Morgan fingerprint density at radius 1 is 1.08 bits per heavy atom. The molecule has 0 aliphatic carbocycles. The summed E-state index contributed by atoms with van der Waals surface area (Å²) in [4.78, 5) is 11.6. The van der Waals surface area contributed by atoms with E-state index in [1.54, 1.807) is 6.07 Å². The van der Waals surface area contributed by atoms with Crippen LogP contribution in [0.2, 0.25) is 0 Å². The number of amides is 1. The van der Waals surface area contributed by atoms with Crippen molar-refractivity contribution in [1.82, 2.24) is 10.2 Å². The van der Waals surface area contributed by atoms with Crippen LogP contribution in [0.15, 0.2) is 48.5 Å². The van der Waals surface area contributed by atoms with E-state index in [2.05, 4.69) is 15.5 Å². The van der Waals surface area contributed by atoms with Crippen LogP contribution in [-0.4, -0.2) is 16.1 Å². The van der Waals surface area contributed by atoms with Gasteiger partial charge in [-0.05, 0) is 29.7 Å². The van der Waals surface area contributed by atoms with E-state index >= 15 is 0 Å². The maximum atomic E-state index is 13.3. The summed E-state index contributed by atoms with van der Waals surface area (Å²) >= 11 is 1.33. The topological polar surface area (TPSA) is 54.9 Å². The van der Waals surface area contributed by atoms with Gasteiger partial charge in [-0.2, -0.15) is 0 Å². The van der Waals surface area contributed by atoms with Crippen molar-refractivity contribution in [3.63, 3.8) is 0 Å². The number of nitrogens with one attached hydrogen (secondary N) is 1. The molecule has 0 radical (unpaired) electrons. The molecule has 0 fully saturated rings. The zero-order valence-electron chi connectivity index (χ0n) is 13.1. The molecule has 0 aliphatic rings. The number of carbonyl (C=O) groups is 1. The standard InChI is InChI=1S/C18H16FN3OS/c1-2-4-16(23)20-18-22-21-17(24-18)13-9-7-12(8-10-13)14-5-3-6-15(19)11-14/h3,5-11H,2,4H2,1H3,(H,20,22,23). The van der Waals surface area contributed by atoms with E-state index in [4.69, 9.17) is 0 Å². The quantitative estimate of drug-likeness (QED) is 0.728. The molecule has 1 N–H and O–H groups in total. The smallest absolute Gasteiger partial charge is 0.226 e. The molecule has 122 valence electrons. The van der Waals surface area contributed by atoms with Gasteiger partial charge in [0.05, 0.1) is 0 Å². The number of rotatable bonds is 5. The molecule has 6 heteroatoms. The first kappa shape index (κ1) is 16.3. The maximum absolute atomic E-state index is 13.3. The monoisotopic (exact) mass is 341 g/mol. The van der Waals surface area contributed by atoms with Crippen molar-refractivity contribution in [3.05, 3.63) is 54.3 Å². The third-order valence-electron chi connectivity index (χ3n) is 3.44. The Morgan fingerprint density at radius 3 is 2.54 bits per heavy atom. The molecule has 4 nitrogen and oxygen atoms in total. The lowest BCUT2D eigenvalue weighted by Gasteiger charge is -2.03. The first-order valence-electron chi connectivity index (χ1n) is 7.65. The second-order valence-electron chi connectivity index (χ2n) is 5.30. The summed E-state index contributed by atoms with van der Waals surface area (Å²) in [5.74, 6) is -0.310. The summed E-state index contributed by atoms with van der Waals surface area (Å²) in [5.41, 5.74) is 2.66. The van der Waals surface area contributed by atoms with Crippen molar-refractivity contribution >= 4 is 22.4 Å². The van der Waals surface area contributed by atoms with E-state index in [9.17, 15) is 9.18 Å². The highest BCUT2D eigenvalue weighted by molar-refractivity contribution is 7.18. The van der Waals surface area contributed by atoms with E-state index in [0.29, 0.717) is 11.6 Å². The minimum Gasteiger partial charge on any atom is -0.301 e. The highest BCUT2D eigenvalue weighted by Crippen LogP contribution is 2.29. The molecule has 1 aromatic heterocycles. The van der Waals surface area contributed by atoms with Gasteiger partial charge in [-0.3, -0.25) is 4.79 Å². The van der Waals surface area contributed by atoms with E-state index in [1.165, 1.54) is 23.5 Å². The Bertz CT molecular complexity index is 845. The Hall–Kier alpha value is -2.60. The molecule has 24 heavy (non-hydrogen) atoms. The van der Waals surface area contributed by atoms with Gasteiger partial charge in [0.15, 0.2) is 0 Å². The Labute approximate surface area is 143 Å². The first-order valence-corrected chi connectivity index (χ1v) is 8.47. The Kier molecular flexibility index (Phi) is 4.96. The summed E-state index contributed by atoms with van der Waals surface area (Å²) in [6.45, 7) is 1.95. The van der Waals surface area contributed by atoms with Gasteiger partial charge < -0.3 is 5.32 Å². The van der Waals surface area contributed by atoms with Gasteiger partial charge in [0, 0.05) is 12.0 Å². The molecule has 0 aliphatic heterocycles. The predicted molar refractivity (Wildman–Crippen MR) is 94.3 cm³/mol. The van der Waals surface area contributed by atoms with Crippen LogP contribution in [0.25, 0.3) is 21.7 Å². The summed E-state index contributed by atoms with van der Waals surface area (Å²) in [6, 6.07) is 14.1. The summed E-state index contributed by atoms with van der Waals surface area (Å²) in [6.07, 6.45) is 1.26. The number of benzene rings is 2. The molecule has 0 saturated carbocycles. The number of halogens is 1. The lowest BCUT2D eigenvalue weighted by molar-refractivity contribution is -0.116. The fraction of sp³-hybridized carbons (Fsp3) is 0.167. The third kappa shape index (κ3) is 3.83. The molecule has 0 saturated heterocycles. The molecule has 3 aromatic rings. The molecule has 2 aromatic carbocycles.